The topological polar surface area (TPSA) is 57.4 Å². The fourth-order valence-electron chi connectivity index (χ4n) is 3.31. The van der Waals surface area contributed by atoms with Gasteiger partial charge in [0.25, 0.3) is 0 Å². The highest BCUT2D eigenvalue weighted by Crippen LogP contribution is 2.45. The SMILES string of the molecule is NC(c1ccc2c(c1)Oc1ccccc1O2)c1ccnc2ccccc12. The fourth-order valence-corrected chi connectivity index (χ4v) is 3.31. The second-order valence-corrected chi connectivity index (χ2v) is 6.25. The van der Waals surface area contributed by atoms with Gasteiger partial charge in [0, 0.05) is 11.6 Å². The Labute approximate surface area is 150 Å². The number of ether oxygens (including phenoxy) is 2. The van der Waals surface area contributed by atoms with Crippen LogP contribution in [0.2, 0.25) is 0 Å². The van der Waals surface area contributed by atoms with Gasteiger partial charge in [0.05, 0.1) is 11.6 Å². The van der Waals surface area contributed by atoms with E-state index in [0.717, 1.165) is 27.8 Å². The lowest BCUT2D eigenvalue weighted by molar-refractivity contribution is 0.359. The summed E-state index contributed by atoms with van der Waals surface area (Å²) in [6.45, 7) is 0. The molecule has 126 valence electrons. The van der Waals surface area contributed by atoms with Crippen molar-refractivity contribution in [3.63, 3.8) is 0 Å². The van der Waals surface area contributed by atoms with Crippen LogP contribution >= 0.6 is 0 Å². The molecule has 0 spiro atoms. The van der Waals surface area contributed by atoms with Gasteiger partial charge in [0.2, 0.25) is 0 Å². The third-order valence-electron chi connectivity index (χ3n) is 4.63. The summed E-state index contributed by atoms with van der Waals surface area (Å²) in [4.78, 5) is 4.41. The van der Waals surface area contributed by atoms with E-state index in [9.17, 15) is 0 Å². The van der Waals surface area contributed by atoms with E-state index in [1.54, 1.807) is 6.20 Å². The first-order valence-electron chi connectivity index (χ1n) is 8.47. The van der Waals surface area contributed by atoms with Crippen molar-refractivity contribution in [2.24, 2.45) is 5.73 Å². The van der Waals surface area contributed by atoms with Crippen LogP contribution < -0.4 is 15.2 Å². The highest BCUT2D eigenvalue weighted by atomic mass is 16.6. The van der Waals surface area contributed by atoms with Gasteiger partial charge in [-0.25, -0.2) is 0 Å². The average molecular weight is 340 g/mol. The van der Waals surface area contributed by atoms with Crippen LogP contribution in [0.4, 0.5) is 0 Å². The number of nitrogens with zero attached hydrogens (tertiary/aromatic N) is 1. The van der Waals surface area contributed by atoms with E-state index in [0.29, 0.717) is 17.2 Å². The van der Waals surface area contributed by atoms with Crippen molar-refractivity contribution in [1.82, 2.24) is 4.98 Å². The maximum atomic E-state index is 6.59. The lowest BCUT2D eigenvalue weighted by Crippen LogP contribution is -2.13. The predicted octanol–water partition coefficient (Wildman–Crippen LogP) is 5.18. The minimum Gasteiger partial charge on any atom is -0.450 e. The van der Waals surface area contributed by atoms with Gasteiger partial charge in [-0.2, -0.15) is 0 Å². The van der Waals surface area contributed by atoms with Crippen molar-refractivity contribution < 1.29 is 9.47 Å². The Kier molecular flexibility index (Phi) is 3.37. The Morgan fingerprint density at radius 3 is 2.27 bits per heavy atom. The normalized spacial score (nSPS) is 13.3. The number of para-hydroxylation sites is 3. The van der Waals surface area contributed by atoms with E-state index < -0.39 is 0 Å². The molecule has 26 heavy (non-hydrogen) atoms. The number of fused-ring (bicyclic) bond motifs is 3. The summed E-state index contributed by atoms with van der Waals surface area (Å²) in [5, 5.41) is 1.06. The zero-order valence-corrected chi connectivity index (χ0v) is 13.9. The van der Waals surface area contributed by atoms with Crippen LogP contribution in [0.25, 0.3) is 10.9 Å². The molecule has 1 aliphatic rings. The first-order valence-corrected chi connectivity index (χ1v) is 8.47. The zero-order valence-electron chi connectivity index (χ0n) is 13.9. The summed E-state index contributed by atoms with van der Waals surface area (Å²) < 4.78 is 11.9. The summed E-state index contributed by atoms with van der Waals surface area (Å²) in [6, 6.07) is 23.2. The number of aromatic nitrogens is 1. The van der Waals surface area contributed by atoms with Gasteiger partial charge >= 0.3 is 0 Å². The highest BCUT2D eigenvalue weighted by Gasteiger charge is 2.21. The highest BCUT2D eigenvalue weighted by molar-refractivity contribution is 5.82. The van der Waals surface area contributed by atoms with Crippen LogP contribution in [0.15, 0.2) is 79.0 Å². The molecule has 0 saturated carbocycles. The van der Waals surface area contributed by atoms with E-state index in [1.165, 1.54) is 0 Å². The lowest BCUT2D eigenvalue weighted by atomic mass is 9.96. The predicted molar refractivity (Wildman–Crippen MR) is 101 cm³/mol. The summed E-state index contributed by atoms with van der Waals surface area (Å²) in [6.07, 6.45) is 1.80. The molecule has 3 aromatic carbocycles. The van der Waals surface area contributed by atoms with Crippen molar-refractivity contribution in [2.45, 2.75) is 6.04 Å². The Morgan fingerprint density at radius 1 is 0.731 bits per heavy atom. The Bertz CT molecular complexity index is 1120. The molecule has 1 unspecified atom stereocenters. The van der Waals surface area contributed by atoms with Gasteiger partial charge in [-0.1, -0.05) is 36.4 Å². The molecule has 4 aromatic rings. The van der Waals surface area contributed by atoms with Crippen molar-refractivity contribution in [1.29, 1.82) is 0 Å². The van der Waals surface area contributed by atoms with Gasteiger partial charge in [-0.15, -0.1) is 0 Å². The smallest absolute Gasteiger partial charge is 0.170 e. The lowest BCUT2D eigenvalue weighted by Gasteiger charge is -2.22. The van der Waals surface area contributed by atoms with Gasteiger partial charge < -0.3 is 15.2 Å². The van der Waals surface area contributed by atoms with Crippen molar-refractivity contribution >= 4 is 10.9 Å². The molecular formula is C22H16N2O2. The molecule has 2 N–H and O–H groups in total. The fraction of sp³-hybridized carbons (Fsp3) is 0.0455. The molecule has 4 heteroatoms. The van der Waals surface area contributed by atoms with Crippen molar-refractivity contribution in [2.75, 3.05) is 0 Å². The third-order valence-corrected chi connectivity index (χ3v) is 4.63. The second-order valence-electron chi connectivity index (χ2n) is 6.25. The number of benzene rings is 3. The molecule has 1 atom stereocenters. The first-order chi connectivity index (χ1) is 12.8. The number of pyridine rings is 1. The quantitative estimate of drug-likeness (QED) is 0.481. The molecule has 0 aliphatic carbocycles. The van der Waals surface area contributed by atoms with Crippen LogP contribution in [-0.4, -0.2) is 4.98 Å². The maximum Gasteiger partial charge on any atom is 0.170 e. The van der Waals surface area contributed by atoms with E-state index in [4.69, 9.17) is 15.2 Å². The van der Waals surface area contributed by atoms with Crippen LogP contribution in [0, 0.1) is 0 Å². The molecule has 0 amide bonds. The second kappa shape index (κ2) is 5.86. The van der Waals surface area contributed by atoms with E-state index >= 15 is 0 Å². The largest absolute Gasteiger partial charge is 0.450 e. The molecule has 4 nitrogen and oxygen atoms in total. The molecule has 5 rings (SSSR count). The molecule has 0 fully saturated rings. The molecule has 0 bridgehead atoms. The molecular weight excluding hydrogens is 324 g/mol. The van der Waals surface area contributed by atoms with Crippen LogP contribution in [0.3, 0.4) is 0 Å². The minimum absolute atomic E-state index is 0.283. The van der Waals surface area contributed by atoms with E-state index in [-0.39, 0.29) is 6.04 Å². The number of rotatable bonds is 2. The molecule has 0 radical (unpaired) electrons. The number of nitrogens with two attached hydrogens (primary N) is 1. The summed E-state index contributed by atoms with van der Waals surface area (Å²) in [5.74, 6) is 2.80. The Hall–Kier alpha value is -3.37. The van der Waals surface area contributed by atoms with Crippen LogP contribution in [0.1, 0.15) is 17.2 Å². The van der Waals surface area contributed by atoms with Gasteiger partial charge in [-0.3, -0.25) is 4.98 Å². The number of hydrogen-bond donors (Lipinski definition) is 1. The molecule has 1 aliphatic heterocycles. The minimum atomic E-state index is -0.283. The summed E-state index contributed by atoms with van der Waals surface area (Å²) in [7, 11) is 0. The molecule has 2 heterocycles. The first kappa shape index (κ1) is 14.9. The van der Waals surface area contributed by atoms with Gasteiger partial charge in [0.15, 0.2) is 23.0 Å². The zero-order chi connectivity index (χ0) is 17.5. The molecule has 1 aromatic heterocycles. The average Bonchev–Trinajstić information content (AvgIpc) is 2.71. The molecule has 0 saturated heterocycles. The van der Waals surface area contributed by atoms with Crippen molar-refractivity contribution in [3.8, 4) is 23.0 Å². The monoisotopic (exact) mass is 340 g/mol. The van der Waals surface area contributed by atoms with E-state index in [2.05, 4.69) is 4.98 Å². The van der Waals surface area contributed by atoms with Gasteiger partial charge in [-0.05, 0) is 47.5 Å². The van der Waals surface area contributed by atoms with Gasteiger partial charge in [0.1, 0.15) is 0 Å². The summed E-state index contributed by atoms with van der Waals surface area (Å²) in [5.41, 5.74) is 9.52. The van der Waals surface area contributed by atoms with Crippen LogP contribution in [0.5, 0.6) is 23.0 Å². The summed E-state index contributed by atoms with van der Waals surface area (Å²) >= 11 is 0. The third kappa shape index (κ3) is 2.39. The maximum absolute atomic E-state index is 6.59. The number of hydrogen-bond acceptors (Lipinski definition) is 4. The Morgan fingerprint density at radius 2 is 1.42 bits per heavy atom. The standard InChI is InChI=1S/C22H16N2O2/c23-22(16-11-12-24-17-6-2-1-5-15(16)17)14-9-10-20-21(13-14)26-19-8-4-3-7-18(19)25-20/h1-13,22H,23H2. The van der Waals surface area contributed by atoms with E-state index in [1.807, 2.05) is 72.8 Å². The van der Waals surface area contributed by atoms with Crippen LogP contribution in [-0.2, 0) is 0 Å². The Balaban J connectivity index is 1.55. The van der Waals surface area contributed by atoms with Crippen molar-refractivity contribution in [3.05, 3.63) is 90.1 Å².